The fourth-order valence-electron chi connectivity index (χ4n) is 1.96. The zero-order chi connectivity index (χ0) is 15.9. The molecule has 0 radical (unpaired) electrons. The Labute approximate surface area is 138 Å². The van der Waals surface area contributed by atoms with Gasteiger partial charge in [0.2, 0.25) is 5.91 Å². The summed E-state index contributed by atoms with van der Waals surface area (Å²) in [4.78, 5) is 11.9. The van der Waals surface area contributed by atoms with Crippen LogP contribution in [0, 0.1) is 6.92 Å². The SMILES string of the molecule is Cc1ccc(NC(=O)CCCOc2ccccc2N)c(Br)c1. The van der Waals surface area contributed by atoms with Gasteiger partial charge in [0.15, 0.2) is 0 Å². The summed E-state index contributed by atoms with van der Waals surface area (Å²) in [7, 11) is 0. The van der Waals surface area contributed by atoms with Crippen molar-refractivity contribution in [2.75, 3.05) is 17.7 Å². The van der Waals surface area contributed by atoms with Crippen molar-refractivity contribution in [2.45, 2.75) is 19.8 Å². The number of carbonyl (C=O) groups is 1. The third-order valence-electron chi connectivity index (χ3n) is 3.12. The van der Waals surface area contributed by atoms with E-state index in [4.69, 9.17) is 10.5 Å². The molecule has 0 atom stereocenters. The number of nitrogen functional groups attached to an aromatic ring is 1. The zero-order valence-corrected chi connectivity index (χ0v) is 14.0. The Morgan fingerprint density at radius 2 is 2.05 bits per heavy atom. The van der Waals surface area contributed by atoms with Crippen LogP contribution < -0.4 is 15.8 Å². The Bertz CT molecular complexity index is 659. The number of nitrogens with two attached hydrogens (primary N) is 1. The van der Waals surface area contributed by atoms with Gasteiger partial charge in [-0.2, -0.15) is 0 Å². The first-order chi connectivity index (χ1) is 10.6. The van der Waals surface area contributed by atoms with Crippen molar-refractivity contribution in [2.24, 2.45) is 0 Å². The Morgan fingerprint density at radius 3 is 2.77 bits per heavy atom. The molecular formula is C17H19BrN2O2. The van der Waals surface area contributed by atoms with E-state index in [0.717, 1.165) is 15.7 Å². The van der Waals surface area contributed by atoms with E-state index in [-0.39, 0.29) is 5.91 Å². The predicted octanol–water partition coefficient (Wildman–Crippen LogP) is 4.14. The molecule has 2 aromatic carbocycles. The topological polar surface area (TPSA) is 64.3 Å². The molecule has 0 heterocycles. The van der Waals surface area contributed by atoms with E-state index in [0.29, 0.717) is 30.9 Å². The summed E-state index contributed by atoms with van der Waals surface area (Å²) in [6.07, 6.45) is 1.02. The van der Waals surface area contributed by atoms with E-state index >= 15 is 0 Å². The zero-order valence-electron chi connectivity index (χ0n) is 12.4. The van der Waals surface area contributed by atoms with Gasteiger partial charge in [-0.15, -0.1) is 0 Å². The number of hydrogen-bond acceptors (Lipinski definition) is 3. The minimum absolute atomic E-state index is 0.0332. The maximum atomic E-state index is 11.9. The second-order valence-corrected chi connectivity index (χ2v) is 5.88. The van der Waals surface area contributed by atoms with Gasteiger partial charge in [-0.05, 0) is 59.1 Å². The van der Waals surface area contributed by atoms with Crippen LogP contribution in [-0.2, 0) is 4.79 Å². The van der Waals surface area contributed by atoms with E-state index in [9.17, 15) is 4.79 Å². The summed E-state index contributed by atoms with van der Waals surface area (Å²) in [5.74, 6) is 0.623. The molecule has 3 N–H and O–H groups in total. The molecule has 5 heteroatoms. The average molecular weight is 363 g/mol. The summed E-state index contributed by atoms with van der Waals surface area (Å²) in [6, 6.07) is 13.1. The maximum absolute atomic E-state index is 11.9. The van der Waals surface area contributed by atoms with Crippen molar-refractivity contribution in [3.8, 4) is 5.75 Å². The standard InChI is InChI=1S/C17H19BrN2O2/c1-12-8-9-15(13(18)11-12)20-17(21)7-4-10-22-16-6-3-2-5-14(16)19/h2-3,5-6,8-9,11H,4,7,10,19H2,1H3,(H,20,21). The second kappa shape index (κ2) is 7.84. The number of amides is 1. The molecule has 2 aromatic rings. The van der Waals surface area contributed by atoms with Crippen LogP contribution in [0.1, 0.15) is 18.4 Å². The first-order valence-electron chi connectivity index (χ1n) is 7.09. The Morgan fingerprint density at radius 1 is 1.27 bits per heavy atom. The number of aryl methyl sites for hydroxylation is 1. The molecule has 0 aliphatic rings. The van der Waals surface area contributed by atoms with Crippen LogP contribution in [0.4, 0.5) is 11.4 Å². The van der Waals surface area contributed by atoms with Crippen LogP contribution in [0.15, 0.2) is 46.9 Å². The normalized spacial score (nSPS) is 10.3. The summed E-state index contributed by atoms with van der Waals surface area (Å²) >= 11 is 3.44. The van der Waals surface area contributed by atoms with Gasteiger partial charge in [0.1, 0.15) is 5.75 Å². The summed E-state index contributed by atoms with van der Waals surface area (Å²) in [5.41, 5.74) is 8.31. The van der Waals surface area contributed by atoms with Crippen molar-refractivity contribution in [3.05, 3.63) is 52.5 Å². The van der Waals surface area contributed by atoms with Crippen molar-refractivity contribution >= 4 is 33.2 Å². The minimum Gasteiger partial charge on any atom is -0.491 e. The third kappa shape index (κ3) is 4.77. The number of nitrogens with one attached hydrogen (secondary N) is 1. The van der Waals surface area contributed by atoms with E-state index in [1.807, 2.05) is 43.3 Å². The van der Waals surface area contributed by atoms with Crippen LogP contribution in [-0.4, -0.2) is 12.5 Å². The Balaban J connectivity index is 1.75. The number of hydrogen-bond donors (Lipinski definition) is 2. The summed E-state index contributed by atoms with van der Waals surface area (Å²) in [5, 5.41) is 2.88. The number of rotatable bonds is 6. The molecule has 0 aromatic heterocycles. The molecule has 0 aliphatic carbocycles. The molecule has 0 saturated heterocycles. The molecule has 2 rings (SSSR count). The lowest BCUT2D eigenvalue weighted by atomic mass is 10.2. The monoisotopic (exact) mass is 362 g/mol. The summed E-state index contributed by atoms with van der Waals surface area (Å²) in [6.45, 7) is 2.46. The number of benzene rings is 2. The van der Waals surface area contributed by atoms with Gasteiger partial charge in [0.25, 0.3) is 0 Å². The molecule has 4 nitrogen and oxygen atoms in total. The highest BCUT2D eigenvalue weighted by Gasteiger charge is 2.06. The van der Waals surface area contributed by atoms with E-state index in [2.05, 4.69) is 21.2 Å². The first-order valence-corrected chi connectivity index (χ1v) is 7.89. The molecule has 116 valence electrons. The van der Waals surface area contributed by atoms with Gasteiger partial charge in [-0.3, -0.25) is 4.79 Å². The van der Waals surface area contributed by atoms with Gasteiger partial charge in [-0.25, -0.2) is 0 Å². The number of anilines is 2. The first kappa shape index (κ1) is 16.4. The largest absolute Gasteiger partial charge is 0.491 e. The fraction of sp³-hybridized carbons (Fsp3) is 0.235. The smallest absolute Gasteiger partial charge is 0.224 e. The number of carbonyl (C=O) groups excluding carboxylic acids is 1. The maximum Gasteiger partial charge on any atom is 0.224 e. The van der Waals surface area contributed by atoms with Gasteiger partial charge < -0.3 is 15.8 Å². The van der Waals surface area contributed by atoms with Gasteiger partial charge in [0, 0.05) is 10.9 Å². The van der Waals surface area contributed by atoms with E-state index in [1.165, 1.54) is 0 Å². The number of para-hydroxylation sites is 2. The lowest BCUT2D eigenvalue weighted by molar-refractivity contribution is -0.116. The van der Waals surface area contributed by atoms with Crippen LogP contribution in [0.3, 0.4) is 0 Å². The minimum atomic E-state index is -0.0332. The second-order valence-electron chi connectivity index (χ2n) is 5.02. The molecule has 0 saturated carbocycles. The average Bonchev–Trinajstić information content (AvgIpc) is 2.48. The highest BCUT2D eigenvalue weighted by molar-refractivity contribution is 9.10. The van der Waals surface area contributed by atoms with Gasteiger partial charge in [-0.1, -0.05) is 18.2 Å². The van der Waals surface area contributed by atoms with E-state index < -0.39 is 0 Å². The van der Waals surface area contributed by atoms with Crippen molar-refractivity contribution in [1.82, 2.24) is 0 Å². The van der Waals surface area contributed by atoms with Crippen LogP contribution in [0.5, 0.6) is 5.75 Å². The predicted molar refractivity (Wildman–Crippen MR) is 93.1 cm³/mol. The van der Waals surface area contributed by atoms with Gasteiger partial charge in [0.05, 0.1) is 18.0 Å². The highest BCUT2D eigenvalue weighted by Crippen LogP contribution is 2.23. The lowest BCUT2D eigenvalue weighted by Gasteiger charge is -2.10. The molecule has 0 unspecified atom stereocenters. The quantitative estimate of drug-likeness (QED) is 0.599. The third-order valence-corrected chi connectivity index (χ3v) is 3.78. The number of halogens is 1. The van der Waals surface area contributed by atoms with Crippen LogP contribution in [0.25, 0.3) is 0 Å². The van der Waals surface area contributed by atoms with Crippen LogP contribution >= 0.6 is 15.9 Å². The molecular weight excluding hydrogens is 344 g/mol. The van der Waals surface area contributed by atoms with Crippen LogP contribution in [0.2, 0.25) is 0 Å². The highest BCUT2D eigenvalue weighted by atomic mass is 79.9. The summed E-state index contributed by atoms with van der Waals surface area (Å²) < 4.78 is 6.45. The fourth-order valence-corrected chi connectivity index (χ4v) is 2.55. The van der Waals surface area contributed by atoms with E-state index in [1.54, 1.807) is 6.07 Å². The number of ether oxygens (including phenoxy) is 1. The lowest BCUT2D eigenvalue weighted by Crippen LogP contribution is -2.13. The van der Waals surface area contributed by atoms with Crippen molar-refractivity contribution in [3.63, 3.8) is 0 Å². The molecule has 1 amide bonds. The van der Waals surface area contributed by atoms with Crippen molar-refractivity contribution < 1.29 is 9.53 Å². The molecule has 0 spiro atoms. The van der Waals surface area contributed by atoms with Gasteiger partial charge >= 0.3 is 0 Å². The molecule has 0 fully saturated rings. The Hall–Kier alpha value is -2.01. The molecule has 22 heavy (non-hydrogen) atoms. The molecule has 0 bridgehead atoms. The Kier molecular flexibility index (Phi) is 5.83. The van der Waals surface area contributed by atoms with Crippen molar-refractivity contribution in [1.29, 1.82) is 0 Å². The molecule has 0 aliphatic heterocycles.